The molecule has 0 saturated carbocycles. The summed E-state index contributed by atoms with van der Waals surface area (Å²) in [7, 11) is -0.794. The van der Waals surface area contributed by atoms with Gasteiger partial charge >= 0.3 is 7.67 Å². The summed E-state index contributed by atoms with van der Waals surface area (Å²) in [5.74, 6) is 0. The maximum absolute atomic E-state index is 12.2. The van der Waals surface area contributed by atoms with Crippen LogP contribution in [0.5, 0.6) is 0 Å². The van der Waals surface area contributed by atoms with Crippen LogP contribution in [-0.2, 0) is 9.09 Å². The fourth-order valence-electron chi connectivity index (χ4n) is 2.53. The van der Waals surface area contributed by atoms with Crippen LogP contribution in [0.4, 0.5) is 0 Å². The highest BCUT2D eigenvalue weighted by Gasteiger charge is 2.33. The summed E-state index contributed by atoms with van der Waals surface area (Å²) in [5, 5.41) is 3.09. The number of unbranched alkanes of at least 4 members (excludes halogenated alkanes) is 9. The number of hydrogen-bond acceptors (Lipinski definition) is 2. The molecule has 20 heavy (non-hydrogen) atoms. The molecule has 0 spiro atoms. The lowest BCUT2D eigenvalue weighted by Crippen LogP contribution is -2.21. The molecule has 1 aliphatic rings. The van der Waals surface area contributed by atoms with Crippen molar-refractivity contribution in [1.29, 1.82) is 0 Å². The molecule has 1 N–H and O–H groups in total. The Morgan fingerprint density at radius 1 is 1.00 bits per heavy atom. The minimum absolute atomic E-state index is 0.582. The van der Waals surface area contributed by atoms with Gasteiger partial charge in [0.05, 0.1) is 6.61 Å². The fraction of sp³-hybridized carbons (Fsp3) is 1.00. The van der Waals surface area contributed by atoms with Crippen molar-refractivity contribution in [3.63, 3.8) is 0 Å². The molecule has 0 bridgehead atoms. The highest BCUT2D eigenvalue weighted by Crippen LogP contribution is 2.48. The largest absolute Gasteiger partial charge is 0.343 e. The molecule has 0 aliphatic carbocycles. The van der Waals surface area contributed by atoms with Crippen molar-refractivity contribution in [3.8, 4) is 0 Å². The van der Waals surface area contributed by atoms with E-state index in [-0.39, 0.29) is 0 Å². The summed E-state index contributed by atoms with van der Waals surface area (Å²) in [6.45, 7) is 4.41. The van der Waals surface area contributed by atoms with Crippen molar-refractivity contribution < 1.29 is 9.09 Å². The van der Waals surface area contributed by atoms with Gasteiger partial charge in [0.1, 0.15) is 0 Å². The molecule has 0 aromatic carbocycles. The summed E-state index contributed by atoms with van der Waals surface area (Å²) in [6.07, 6.45) is 13.3. The fourth-order valence-corrected chi connectivity index (χ4v) is 4.17. The number of hydrogen-bond donors (Lipinski definition) is 1. The van der Waals surface area contributed by atoms with Crippen molar-refractivity contribution in [2.24, 2.45) is 0 Å². The van der Waals surface area contributed by atoms with Crippen molar-refractivity contribution in [1.82, 2.24) is 9.76 Å². The van der Waals surface area contributed by atoms with E-state index in [1.807, 2.05) is 11.7 Å². The van der Waals surface area contributed by atoms with Gasteiger partial charge in [-0.2, -0.15) is 0 Å². The lowest BCUT2D eigenvalue weighted by molar-refractivity contribution is 0.349. The van der Waals surface area contributed by atoms with Crippen LogP contribution in [-0.4, -0.2) is 31.4 Å². The van der Waals surface area contributed by atoms with E-state index in [1.54, 1.807) is 0 Å². The van der Waals surface area contributed by atoms with Gasteiger partial charge < -0.3 is 4.52 Å². The molecule has 1 saturated heterocycles. The minimum Gasteiger partial charge on any atom is -0.305 e. The lowest BCUT2D eigenvalue weighted by Gasteiger charge is -2.18. The normalized spacial score (nSPS) is 23.5. The van der Waals surface area contributed by atoms with E-state index in [9.17, 15) is 4.57 Å². The smallest absolute Gasteiger partial charge is 0.305 e. The summed E-state index contributed by atoms with van der Waals surface area (Å²) in [6, 6.07) is 0. The standard InChI is InChI=1S/C15H33N2O2P/c1-3-4-5-6-7-8-9-10-11-12-13-16-20(18)17(2)14-15-19-20/h3-15H2,1-2H3,(H,16,18). The summed E-state index contributed by atoms with van der Waals surface area (Å²) < 4.78 is 19.3. The predicted molar refractivity (Wildman–Crippen MR) is 86.0 cm³/mol. The molecule has 0 aromatic heterocycles. The molecule has 4 nitrogen and oxygen atoms in total. The Hall–Kier alpha value is 0.110. The first-order valence-electron chi connectivity index (χ1n) is 8.40. The Kier molecular flexibility index (Phi) is 9.79. The topological polar surface area (TPSA) is 41.6 Å². The van der Waals surface area contributed by atoms with Crippen LogP contribution in [0.1, 0.15) is 71.1 Å². The molecule has 1 rings (SSSR count). The van der Waals surface area contributed by atoms with Crippen molar-refractivity contribution in [2.75, 3.05) is 26.7 Å². The van der Waals surface area contributed by atoms with Gasteiger partial charge in [0.2, 0.25) is 0 Å². The summed E-state index contributed by atoms with van der Waals surface area (Å²) >= 11 is 0. The number of rotatable bonds is 12. The average molecular weight is 304 g/mol. The van der Waals surface area contributed by atoms with E-state index >= 15 is 0 Å². The monoisotopic (exact) mass is 304 g/mol. The van der Waals surface area contributed by atoms with E-state index in [4.69, 9.17) is 4.52 Å². The van der Waals surface area contributed by atoms with Crippen LogP contribution in [0.25, 0.3) is 0 Å². The highest BCUT2D eigenvalue weighted by molar-refractivity contribution is 7.54. The molecule has 1 fully saturated rings. The molecule has 0 amide bonds. The van der Waals surface area contributed by atoms with Crippen LogP contribution in [0, 0.1) is 0 Å². The first-order chi connectivity index (χ1) is 9.69. The minimum atomic E-state index is -2.65. The Bertz CT molecular complexity index is 287. The molecule has 0 aromatic rings. The summed E-state index contributed by atoms with van der Waals surface area (Å²) in [5.41, 5.74) is 0. The van der Waals surface area contributed by atoms with Crippen LogP contribution in [0.2, 0.25) is 0 Å². The maximum atomic E-state index is 12.2. The first-order valence-corrected chi connectivity index (χ1v) is 9.98. The van der Waals surface area contributed by atoms with Gasteiger partial charge in [-0.25, -0.2) is 9.76 Å². The van der Waals surface area contributed by atoms with E-state index in [0.717, 1.165) is 19.5 Å². The van der Waals surface area contributed by atoms with Gasteiger partial charge in [0.15, 0.2) is 0 Å². The summed E-state index contributed by atoms with van der Waals surface area (Å²) in [4.78, 5) is 0. The zero-order valence-corrected chi connectivity index (χ0v) is 14.3. The van der Waals surface area contributed by atoms with E-state index in [0.29, 0.717) is 6.61 Å². The number of likely N-dealkylation sites (N-methyl/N-ethyl adjacent to an activating group) is 1. The van der Waals surface area contributed by atoms with E-state index in [2.05, 4.69) is 12.0 Å². The van der Waals surface area contributed by atoms with E-state index < -0.39 is 7.67 Å². The Balaban J connectivity index is 1.84. The predicted octanol–water partition coefficient (Wildman–Crippen LogP) is 4.57. The van der Waals surface area contributed by atoms with Gasteiger partial charge in [-0.15, -0.1) is 0 Å². The molecule has 1 atom stereocenters. The zero-order chi connectivity index (χ0) is 14.7. The molecular formula is C15H33N2O2P. The lowest BCUT2D eigenvalue weighted by atomic mass is 10.1. The Morgan fingerprint density at radius 3 is 2.05 bits per heavy atom. The molecule has 120 valence electrons. The van der Waals surface area contributed by atoms with Crippen LogP contribution in [0.15, 0.2) is 0 Å². The van der Waals surface area contributed by atoms with Gasteiger partial charge in [-0.3, -0.25) is 4.57 Å². The van der Waals surface area contributed by atoms with Gasteiger partial charge in [-0.1, -0.05) is 64.7 Å². The molecule has 0 radical (unpaired) electrons. The second-order valence-electron chi connectivity index (χ2n) is 5.82. The third-order valence-corrected chi connectivity index (χ3v) is 6.23. The molecular weight excluding hydrogens is 271 g/mol. The molecule has 5 heteroatoms. The van der Waals surface area contributed by atoms with Crippen LogP contribution >= 0.6 is 7.67 Å². The van der Waals surface area contributed by atoms with Gasteiger partial charge in [-0.05, 0) is 13.5 Å². The Labute approximate surface area is 125 Å². The quantitative estimate of drug-likeness (QED) is 0.424. The van der Waals surface area contributed by atoms with Crippen molar-refractivity contribution in [3.05, 3.63) is 0 Å². The first kappa shape index (κ1) is 18.2. The number of nitrogens with one attached hydrogen (secondary N) is 1. The second kappa shape index (κ2) is 10.8. The molecule has 1 heterocycles. The number of nitrogens with zero attached hydrogens (tertiary/aromatic N) is 1. The van der Waals surface area contributed by atoms with Crippen LogP contribution < -0.4 is 5.09 Å². The molecule has 1 unspecified atom stereocenters. The third kappa shape index (κ3) is 7.21. The van der Waals surface area contributed by atoms with Crippen molar-refractivity contribution in [2.45, 2.75) is 71.1 Å². The van der Waals surface area contributed by atoms with Gasteiger partial charge in [0.25, 0.3) is 0 Å². The Morgan fingerprint density at radius 2 is 1.55 bits per heavy atom. The van der Waals surface area contributed by atoms with Crippen molar-refractivity contribution >= 4 is 7.67 Å². The van der Waals surface area contributed by atoms with E-state index in [1.165, 1.54) is 57.8 Å². The molecule has 1 aliphatic heterocycles. The van der Waals surface area contributed by atoms with Crippen LogP contribution in [0.3, 0.4) is 0 Å². The maximum Gasteiger partial charge on any atom is 0.343 e. The third-order valence-electron chi connectivity index (χ3n) is 3.97. The highest BCUT2D eigenvalue weighted by atomic mass is 31.2. The second-order valence-corrected chi connectivity index (χ2v) is 8.12. The average Bonchev–Trinajstić information content (AvgIpc) is 2.76. The zero-order valence-electron chi connectivity index (χ0n) is 13.4. The SMILES string of the molecule is CCCCCCCCCCCCNP1(=O)OCCN1C. The van der Waals surface area contributed by atoms with Gasteiger partial charge in [0, 0.05) is 13.1 Å².